The molecular formula is C20H25NO. The molecular weight excluding hydrogens is 270 g/mol. The Labute approximate surface area is 133 Å². The summed E-state index contributed by atoms with van der Waals surface area (Å²) in [5.41, 5.74) is 2.56. The fourth-order valence-corrected chi connectivity index (χ4v) is 2.56. The van der Waals surface area contributed by atoms with E-state index >= 15 is 0 Å². The topological polar surface area (TPSA) is 20.3 Å². The normalized spacial score (nSPS) is 18.5. The number of anilines is 1. The first-order valence-corrected chi connectivity index (χ1v) is 7.87. The summed E-state index contributed by atoms with van der Waals surface area (Å²) in [6.45, 7) is 7.13. The number of hydrogen-bond acceptors (Lipinski definition) is 2. The molecule has 0 radical (unpaired) electrons. The van der Waals surface area contributed by atoms with E-state index in [0.29, 0.717) is 0 Å². The van der Waals surface area contributed by atoms with Crippen LogP contribution in [0.5, 0.6) is 0 Å². The third kappa shape index (κ3) is 3.76. The molecule has 116 valence electrons. The largest absolute Gasteiger partial charge is 0.375 e. The highest BCUT2D eigenvalue weighted by atomic mass is 16.1. The zero-order valence-corrected chi connectivity index (χ0v) is 14.0. The van der Waals surface area contributed by atoms with Gasteiger partial charge in [-0.3, -0.25) is 4.79 Å². The van der Waals surface area contributed by atoms with Gasteiger partial charge in [0.1, 0.15) is 0 Å². The molecule has 2 rings (SSSR count). The molecule has 0 heterocycles. The lowest BCUT2D eigenvalue weighted by Gasteiger charge is -2.19. The number of carbonyl (C=O) groups excluding carboxylic acids is 1. The standard InChI is InChI=1S/C20H25NO/c1-5-14-21(4)18-11-9-16(10-12-18)15-17-8-6-7-13-20(2,3)19(17)22/h6-13,15H,5,14H2,1-4H3. The molecule has 0 fully saturated rings. The van der Waals surface area contributed by atoms with E-state index in [9.17, 15) is 4.79 Å². The molecule has 2 heteroatoms. The van der Waals surface area contributed by atoms with Crippen LogP contribution >= 0.6 is 0 Å². The van der Waals surface area contributed by atoms with Gasteiger partial charge in [-0.2, -0.15) is 0 Å². The molecule has 0 aromatic heterocycles. The van der Waals surface area contributed by atoms with Gasteiger partial charge in [0.25, 0.3) is 0 Å². The summed E-state index contributed by atoms with van der Waals surface area (Å²) >= 11 is 0. The van der Waals surface area contributed by atoms with Gasteiger partial charge in [-0.25, -0.2) is 0 Å². The first-order valence-electron chi connectivity index (χ1n) is 7.87. The average Bonchev–Trinajstić information content (AvgIpc) is 2.61. The van der Waals surface area contributed by atoms with Gasteiger partial charge in [-0.15, -0.1) is 0 Å². The van der Waals surface area contributed by atoms with E-state index in [0.717, 1.165) is 24.1 Å². The molecule has 0 aliphatic heterocycles. The number of ketones is 1. The number of nitrogens with zero attached hydrogens (tertiary/aromatic N) is 1. The van der Waals surface area contributed by atoms with Gasteiger partial charge in [0.2, 0.25) is 0 Å². The van der Waals surface area contributed by atoms with E-state index in [1.807, 2.05) is 44.2 Å². The summed E-state index contributed by atoms with van der Waals surface area (Å²) in [6, 6.07) is 8.36. The highest BCUT2D eigenvalue weighted by molar-refractivity contribution is 6.06. The number of Topliss-reactive ketones (excluding diaryl/α,β-unsaturated/α-hetero) is 1. The third-order valence-corrected chi connectivity index (χ3v) is 3.96. The van der Waals surface area contributed by atoms with Crippen LogP contribution in [0.25, 0.3) is 6.08 Å². The summed E-state index contributed by atoms with van der Waals surface area (Å²) in [5, 5.41) is 0. The van der Waals surface area contributed by atoms with Crippen LogP contribution in [-0.2, 0) is 4.79 Å². The molecule has 0 saturated heterocycles. The molecule has 0 amide bonds. The number of rotatable bonds is 4. The van der Waals surface area contributed by atoms with Crippen molar-refractivity contribution in [2.45, 2.75) is 27.2 Å². The second-order valence-electron chi connectivity index (χ2n) is 6.38. The Morgan fingerprint density at radius 1 is 1.14 bits per heavy atom. The molecule has 22 heavy (non-hydrogen) atoms. The lowest BCUT2D eigenvalue weighted by molar-refractivity contribution is -0.120. The molecule has 0 spiro atoms. The van der Waals surface area contributed by atoms with Crippen LogP contribution in [0, 0.1) is 5.41 Å². The van der Waals surface area contributed by atoms with Crippen LogP contribution in [-0.4, -0.2) is 19.4 Å². The highest BCUT2D eigenvalue weighted by Gasteiger charge is 2.27. The summed E-state index contributed by atoms with van der Waals surface area (Å²) < 4.78 is 0. The molecule has 0 unspecified atom stereocenters. The molecule has 0 bridgehead atoms. The van der Waals surface area contributed by atoms with E-state index in [4.69, 9.17) is 0 Å². The Bertz CT molecular complexity index is 618. The maximum absolute atomic E-state index is 12.6. The minimum absolute atomic E-state index is 0.157. The number of carbonyl (C=O) groups is 1. The maximum Gasteiger partial charge on any atom is 0.172 e. The number of benzene rings is 1. The van der Waals surface area contributed by atoms with Crippen molar-refractivity contribution in [3.8, 4) is 0 Å². The summed E-state index contributed by atoms with van der Waals surface area (Å²) in [5.74, 6) is 0.157. The first-order chi connectivity index (χ1) is 10.4. The summed E-state index contributed by atoms with van der Waals surface area (Å²) in [6.07, 6.45) is 10.8. The van der Waals surface area contributed by atoms with E-state index in [1.54, 1.807) is 0 Å². The Morgan fingerprint density at radius 3 is 2.45 bits per heavy atom. The zero-order valence-electron chi connectivity index (χ0n) is 14.0. The molecule has 1 aliphatic carbocycles. The first kappa shape index (κ1) is 16.3. The van der Waals surface area contributed by atoms with E-state index in [1.165, 1.54) is 5.69 Å². The van der Waals surface area contributed by atoms with Gasteiger partial charge in [0.15, 0.2) is 5.78 Å². The second kappa shape index (κ2) is 6.78. The lowest BCUT2D eigenvalue weighted by atomic mass is 9.84. The molecule has 1 aromatic carbocycles. The van der Waals surface area contributed by atoms with Crippen molar-refractivity contribution in [3.63, 3.8) is 0 Å². The van der Waals surface area contributed by atoms with Crippen LogP contribution in [0.2, 0.25) is 0 Å². The maximum atomic E-state index is 12.6. The molecule has 0 saturated carbocycles. The SMILES string of the molecule is CCCN(C)c1ccc(C=C2C=CC=CC(C)(C)C2=O)cc1. The predicted octanol–water partition coefficient (Wildman–Crippen LogP) is 4.64. The second-order valence-corrected chi connectivity index (χ2v) is 6.38. The fourth-order valence-electron chi connectivity index (χ4n) is 2.56. The zero-order chi connectivity index (χ0) is 16.2. The average molecular weight is 295 g/mol. The van der Waals surface area contributed by atoms with Gasteiger partial charge in [0, 0.05) is 30.3 Å². The van der Waals surface area contributed by atoms with Crippen molar-refractivity contribution in [2.75, 3.05) is 18.5 Å². The Balaban J connectivity index is 2.24. The van der Waals surface area contributed by atoms with Crippen molar-refractivity contribution in [1.82, 2.24) is 0 Å². The van der Waals surface area contributed by atoms with Crippen LogP contribution in [0.15, 0.2) is 54.1 Å². The summed E-state index contributed by atoms with van der Waals surface area (Å²) in [7, 11) is 2.10. The van der Waals surface area contributed by atoms with Gasteiger partial charge in [-0.05, 0) is 44.0 Å². The summed E-state index contributed by atoms with van der Waals surface area (Å²) in [4.78, 5) is 14.8. The van der Waals surface area contributed by atoms with Gasteiger partial charge >= 0.3 is 0 Å². The number of allylic oxidation sites excluding steroid dienone is 5. The van der Waals surface area contributed by atoms with Gasteiger partial charge in [-0.1, -0.05) is 43.4 Å². The van der Waals surface area contributed by atoms with E-state index in [2.05, 4.69) is 43.1 Å². The van der Waals surface area contributed by atoms with Crippen molar-refractivity contribution in [3.05, 3.63) is 59.7 Å². The van der Waals surface area contributed by atoms with Crippen LogP contribution in [0.3, 0.4) is 0 Å². The quantitative estimate of drug-likeness (QED) is 0.754. The highest BCUT2D eigenvalue weighted by Crippen LogP contribution is 2.27. The van der Waals surface area contributed by atoms with Crippen molar-refractivity contribution in [2.24, 2.45) is 5.41 Å². The van der Waals surface area contributed by atoms with Gasteiger partial charge < -0.3 is 4.90 Å². The lowest BCUT2D eigenvalue weighted by Crippen LogP contribution is -2.22. The Kier molecular flexibility index (Phi) is 5.02. The van der Waals surface area contributed by atoms with E-state index in [-0.39, 0.29) is 5.78 Å². The molecule has 1 aliphatic rings. The Hall–Kier alpha value is -2.09. The predicted molar refractivity (Wildman–Crippen MR) is 95.0 cm³/mol. The van der Waals surface area contributed by atoms with Crippen LogP contribution < -0.4 is 4.90 Å². The third-order valence-electron chi connectivity index (χ3n) is 3.96. The fraction of sp³-hybridized carbons (Fsp3) is 0.350. The smallest absolute Gasteiger partial charge is 0.172 e. The molecule has 2 nitrogen and oxygen atoms in total. The van der Waals surface area contributed by atoms with Crippen molar-refractivity contribution >= 4 is 17.5 Å². The van der Waals surface area contributed by atoms with Gasteiger partial charge in [0.05, 0.1) is 0 Å². The van der Waals surface area contributed by atoms with Crippen LogP contribution in [0.1, 0.15) is 32.8 Å². The minimum atomic E-state index is -0.448. The molecule has 1 aromatic rings. The Morgan fingerprint density at radius 2 is 1.82 bits per heavy atom. The molecule has 0 atom stereocenters. The van der Waals surface area contributed by atoms with Crippen molar-refractivity contribution in [1.29, 1.82) is 0 Å². The van der Waals surface area contributed by atoms with E-state index < -0.39 is 5.41 Å². The minimum Gasteiger partial charge on any atom is -0.375 e. The van der Waals surface area contributed by atoms with Crippen LogP contribution in [0.4, 0.5) is 5.69 Å². The van der Waals surface area contributed by atoms with Crippen molar-refractivity contribution < 1.29 is 4.79 Å². The monoisotopic (exact) mass is 295 g/mol. The number of hydrogen-bond donors (Lipinski definition) is 0. The molecule has 0 N–H and O–H groups in total.